The Morgan fingerprint density at radius 1 is 1.18 bits per heavy atom. The average molecular weight is 228 g/mol. The molecule has 1 aromatic heterocycles. The smallest absolute Gasteiger partial charge is 0.100 e. The van der Waals surface area contributed by atoms with Crippen molar-refractivity contribution in [2.75, 3.05) is 6.54 Å². The first-order chi connectivity index (χ1) is 8.43. The second-order valence-electron chi connectivity index (χ2n) is 4.43. The fourth-order valence-electron chi connectivity index (χ4n) is 2.25. The third-order valence-corrected chi connectivity index (χ3v) is 3.20. The Kier molecular flexibility index (Phi) is 2.88. The summed E-state index contributed by atoms with van der Waals surface area (Å²) in [6.07, 6.45) is 5.73. The van der Waals surface area contributed by atoms with Gasteiger partial charge < -0.3 is 5.32 Å². The number of hydrogen-bond acceptors (Lipinski definition) is 3. The molecule has 0 amide bonds. The summed E-state index contributed by atoms with van der Waals surface area (Å²) in [6.45, 7) is 1.09. The monoisotopic (exact) mass is 228 g/mol. The van der Waals surface area contributed by atoms with Gasteiger partial charge in [-0.1, -0.05) is 29.8 Å². The molecule has 0 spiro atoms. The van der Waals surface area contributed by atoms with E-state index in [1.165, 1.54) is 12.8 Å². The summed E-state index contributed by atoms with van der Waals surface area (Å²) < 4.78 is 1.84. The molecular weight excluding hydrogens is 212 g/mol. The maximum absolute atomic E-state index is 4.27. The first-order valence-electron chi connectivity index (χ1n) is 6.14. The standard InChI is InChI=1S/C13H16N4/c1-2-6-11(7-3-1)17-10-13(15-16-17)12-8-4-5-9-14-12/h1-3,6-7,10,12,14H,4-5,8-9H2. The highest BCUT2D eigenvalue weighted by atomic mass is 15.4. The van der Waals surface area contributed by atoms with E-state index < -0.39 is 0 Å². The number of nitrogens with zero attached hydrogens (tertiary/aromatic N) is 3. The molecule has 0 bridgehead atoms. The number of rotatable bonds is 2. The summed E-state index contributed by atoms with van der Waals surface area (Å²) in [5.41, 5.74) is 2.11. The maximum Gasteiger partial charge on any atom is 0.100 e. The third kappa shape index (κ3) is 2.22. The molecule has 17 heavy (non-hydrogen) atoms. The molecule has 2 aromatic rings. The van der Waals surface area contributed by atoms with E-state index >= 15 is 0 Å². The number of para-hydroxylation sites is 1. The van der Waals surface area contributed by atoms with Gasteiger partial charge in [-0.05, 0) is 31.5 Å². The largest absolute Gasteiger partial charge is 0.309 e. The zero-order chi connectivity index (χ0) is 11.5. The lowest BCUT2D eigenvalue weighted by Crippen LogP contribution is -2.27. The van der Waals surface area contributed by atoms with Crippen LogP contribution in [0.4, 0.5) is 0 Å². The van der Waals surface area contributed by atoms with Crippen LogP contribution < -0.4 is 5.32 Å². The van der Waals surface area contributed by atoms with Crippen LogP contribution in [0.15, 0.2) is 36.5 Å². The summed E-state index contributed by atoms with van der Waals surface area (Å²) in [5.74, 6) is 0. The molecule has 1 atom stereocenters. The van der Waals surface area contributed by atoms with Gasteiger partial charge in [0.25, 0.3) is 0 Å². The fourth-order valence-corrected chi connectivity index (χ4v) is 2.25. The van der Waals surface area contributed by atoms with Gasteiger partial charge in [0.05, 0.1) is 17.9 Å². The average Bonchev–Trinajstić information content (AvgIpc) is 2.90. The molecule has 3 rings (SSSR count). The van der Waals surface area contributed by atoms with Gasteiger partial charge in [0, 0.05) is 0 Å². The Labute approximate surface area is 101 Å². The predicted molar refractivity (Wildman–Crippen MR) is 66.0 cm³/mol. The quantitative estimate of drug-likeness (QED) is 0.855. The molecule has 0 aliphatic carbocycles. The summed E-state index contributed by atoms with van der Waals surface area (Å²) in [6, 6.07) is 10.5. The molecule has 0 saturated carbocycles. The molecule has 2 heterocycles. The van der Waals surface area contributed by atoms with Crippen LogP contribution in [0, 0.1) is 0 Å². The highest BCUT2D eigenvalue weighted by Gasteiger charge is 2.17. The van der Waals surface area contributed by atoms with Crippen LogP contribution in [-0.2, 0) is 0 Å². The minimum absolute atomic E-state index is 0.376. The van der Waals surface area contributed by atoms with Gasteiger partial charge in [0.15, 0.2) is 0 Å². The van der Waals surface area contributed by atoms with Gasteiger partial charge in [0.1, 0.15) is 5.69 Å². The van der Waals surface area contributed by atoms with Gasteiger partial charge >= 0.3 is 0 Å². The molecule has 1 N–H and O–H groups in total. The van der Waals surface area contributed by atoms with Crippen molar-refractivity contribution in [2.45, 2.75) is 25.3 Å². The molecule has 1 fully saturated rings. The second kappa shape index (κ2) is 4.67. The minimum Gasteiger partial charge on any atom is -0.309 e. The fraction of sp³-hybridized carbons (Fsp3) is 0.385. The summed E-state index contributed by atoms with van der Waals surface area (Å²) in [7, 11) is 0. The van der Waals surface area contributed by atoms with E-state index in [0.29, 0.717) is 6.04 Å². The Morgan fingerprint density at radius 2 is 2.06 bits per heavy atom. The second-order valence-corrected chi connectivity index (χ2v) is 4.43. The minimum atomic E-state index is 0.376. The van der Waals surface area contributed by atoms with Crippen molar-refractivity contribution in [1.29, 1.82) is 0 Å². The molecule has 4 heteroatoms. The van der Waals surface area contributed by atoms with Crippen molar-refractivity contribution < 1.29 is 0 Å². The van der Waals surface area contributed by atoms with E-state index in [9.17, 15) is 0 Å². The highest BCUT2D eigenvalue weighted by molar-refractivity contribution is 5.30. The van der Waals surface area contributed by atoms with Crippen molar-refractivity contribution in [3.8, 4) is 5.69 Å². The van der Waals surface area contributed by atoms with Gasteiger partial charge in [-0.15, -0.1) is 5.10 Å². The molecular formula is C13H16N4. The van der Waals surface area contributed by atoms with Crippen LogP contribution in [0.2, 0.25) is 0 Å². The first kappa shape index (κ1) is 10.5. The van der Waals surface area contributed by atoms with Crippen LogP contribution in [-0.4, -0.2) is 21.5 Å². The van der Waals surface area contributed by atoms with Crippen molar-refractivity contribution in [3.05, 3.63) is 42.2 Å². The van der Waals surface area contributed by atoms with Crippen LogP contribution >= 0.6 is 0 Å². The molecule has 0 radical (unpaired) electrons. The molecule has 1 unspecified atom stereocenters. The normalized spacial score (nSPS) is 20.4. The lowest BCUT2D eigenvalue weighted by atomic mass is 10.0. The lowest BCUT2D eigenvalue weighted by Gasteiger charge is -2.20. The lowest BCUT2D eigenvalue weighted by molar-refractivity contribution is 0.405. The highest BCUT2D eigenvalue weighted by Crippen LogP contribution is 2.21. The Bertz CT molecular complexity index is 471. The summed E-state index contributed by atoms with van der Waals surface area (Å²) in [4.78, 5) is 0. The van der Waals surface area contributed by atoms with Crippen molar-refractivity contribution in [2.24, 2.45) is 0 Å². The molecule has 1 aliphatic rings. The summed E-state index contributed by atoms with van der Waals surface area (Å²) >= 11 is 0. The van der Waals surface area contributed by atoms with Gasteiger partial charge in [-0.2, -0.15) is 0 Å². The van der Waals surface area contributed by atoms with Gasteiger partial charge in [0.2, 0.25) is 0 Å². The number of nitrogens with one attached hydrogen (secondary N) is 1. The van der Waals surface area contributed by atoms with E-state index in [1.54, 1.807) is 0 Å². The zero-order valence-electron chi connectivity index (χ0n) is 9.71. The number of piperidine rings is 1. The SMILES string of the molecule is c1ccc(-n2cc(C3CCCCN3)nn2)cc1. The molecule has 4 nitrogen and oxygen atoms in total. The maximum atomic E-state index is 4.27. The van der Waals surface area contributed by atoms with E-state index in [-0.39, 0.29) is 0 Å². The van der Waals surface area contributed by atoms with Crippen molar-refractivity contribution in [1.82, 2.24) is 20.3 Å². The third-order valence-electron chi connectivity index (χ3n) is 3.20. The predicted octanol–water partition coefficient (Wildman–Crippen LogP) is 2.08. The molecule has 88 valence electrons. The van der Waals surface area contributed by atoms with Crippen LogP contribution in [0.3, 0.4) is 0 Å². The zero-order valence-corrected chi connectivity index (χ0v) is 9.71. The Hall–Kier alpha value is -1.68. The van der Waals surface area contributed by atoms with Gasteiger partial charge in [-0.3, -0.25) is 0 Å². The van der Waals surface area contributed by atoms with E-state index in [1.807, 2.05) is 41.2 Å². The van der Waals surface area contributed by atoms with E-state index in [0.717, 1.165) is 24.3 Å². The topological polar surface area (TPSA) is 42.7 Å². The van der Waals surface area contributed by atoms with Crippen molar-refractivity contribution >= 4 is 0 Å². The first-order valence-corrected chi connectivity index (χ1v) is 6.14. The van der Waals surface area contributed by atoms with Crippen molar-refractivity contribution in [3.63, 3.8) is 0 Å². The molecule has 1 aliphatic heterocycles. The van der Waals surface area contributed by atoms with Crippen LogP contribution in [0.25, 0.3) is 5.69 Å². The van der Waals surface area contributed by atoms with E-state index in [2.05, 4.69) is 15.6 Å². The number of hydrogen-bond donors (Lipinski definition) is 1. The van der Waals surface area contributed by atoms with Gasteiger partial charge in [-0.25, -0.2) is 4.68 Å². The molecule has 1 aromatic carbocycles. The van der Waals surface area contributed by atoms with Crippen LogP contribution in [0.5, 0.6) is 0 Å². The van der Waals surface area contributed by atoms with E-state index in [4.69, 9.17) is 0 Å². The Balaban J connectivity index is 1.83. The number of benzene rings is 1. The Morgan fingerprint density at radius 3 is 2.82 bits per heavy atom. The number of aromatic nitrogens is 3. The van der Waals surface area contributed by atoms with Crippen LogP contribution in [0.1, 0.15) is 31.0 Å². The molecule has 1 saturated heterocycles. The summed E-state index contributed by atoms with van der Waals surface area (Å²) in [5, 5.41) is 11.9.